The van der Waals surface area contributed by atoms with Gasteiger partial charge in [0.15, 0.2) is 0 Å². The lowest BCUT2D eigenvalue weighted by Gasteiger charge is -2.05. The van der Waals surface area contributed by atoms with Gasteiger partial charge in [0.1, 0.15) is 6.61 Å². The van der Waals surface area contributed by atoms with Gasteiger partial charge in [-0.2, -0.15) is 0 Å². The van der Waals surface area contributed by atoms with Gasteiger partial charge >= 0.3 is 5.97 Å². The second-order valence-electron chi connectivity index (χ2n) is 4.02. The highest BCUT2D eigenvalue weighted by Gasteiger charge is 2.18. The molecule has 0 bridgehead atoms. The number of nitro groups is 1. The van der Waals surface area contributed by atoms with E-state index in [9.17, 15) is 19.7 Å². The van der Waals surface area contributed by atoms with Crippen molar-refractivity contribution in [2.45, 2.75) is 6.61 Å². The third-order valence-electron chi connectivity index (χ3n) is 2.65. The summed E-state index contributed by atoms with van der Waals surface area (Å²) in [7, 11) is 0. The molecule has 1 heterocycles. The molecule has 0 aliphatic rings. The van der Waals surface area contributed by atoms with Crippen molar-refractivity contribution >= 4 is 17.6 Å². The molecule has 8 nitrogen and oxygen atoms in total. The Morgan fingerprint density at radius 3 is 2.67 bits per heavy atom. The van der Waals surface area contributed by atoms with Crippen molar-refractivity contribution in [2.75, 3.05) is 0 Å². The fourth-order valence-electron chi connectivity index (χ4n) is 1.62. The molecule has 108 valence electrons. The summed E-state index contributed by atoms with van der Waals surface area (Å²) in [4.78, 5) is 32.9. The molecule has 2 rings (SSSR count). The molecule has 0 saturated heterocycles. The standard InChI is InChI=1S/C13H10N2O6/c14-12(16)8-3-4-9(10(6-8)15(18)19)7-21-13(17)11-2-1-5-20-11/h1-6H,7H2,(H2,14,16). The Kier molecular flexibility index (Phi) is 3.98. The summed E-state index contributed by atoms with van der Waals surface area (Å²) in [5.74, 6) is -1.53. The predicted octanol–water partition coefficient (Wildman–Crippen LogP) is 1.64. The van der Waals surface area contributed by atoms with Crippen molar-refractivity contribution in [1.82, 2.24) is 0 Å². The summed E-state index contributed by atoms with van der Waals surface area (Å²) < 4.78 is 9.75. The Morgan fingerprint density at radius 2 is 2.10 bits per heavy atom. The molecule has 8 heteroatoms. The number of ether oxygens (including phenoxy) is 1. The zero-order chi connectivity index (χ0) is 15.4. The summed E-state index contributed by atoms with van der Waals surface area (Å²) >= 11 is 0. The highest BCUT2D eigenvalue weighted by molar-refractivity contribution is 5.93. The van der Waals surface area contributed by atoms with Crippen LogP contribution in [0.3, 0.4) is 0 Å². The van der Waals surface area contributed by atoms with Crippen LogP contribution in [-0.2, 0) is 11.3 Å². The van der Waals surface area contributed by atoms with Crippen molar-refractivity contribution in [3.05, 3.63) is 63.6 Å². The third kappa shape index (κ3) is 3.24. The maximum atomic E-state index is 11.6. The van der Waals surface area contributed by atoms with Crippen LogP contribution in [0.15, 0.2) is 41.0 Å². The SMILES string of the molecule is NC(=O)c1ccc(COC(=O)c2ccco2)c([N+](=O)[O-])c1. The first-order chi connectivity index (χ1) is 9.99. The van der Waals surface area contributed by atoms with Gasteiger partial charge in [-0.3, -0.25) is 14.9 Å². The van der Waals surface area contributed by atoms with Crippen LogP contribution in [0, 0.1) is 10.1 Å². The largest absolute Gasteiger partial charge is 0.457 e. The summed E-state index contributed by atoms with van der Waals surface area (Å²) in [6, 6.07) is 6.60. The molecule has 1 aromatic heterocycles. The minimum atomic E-state index is -0.780. The first kappa shape index (κ1) is 14.3. The van der Waals surface area contributed by atoms with Crippen LogP contribution in [0.25, 0.3) is 0 Å². The maximum absolute atomic E-state index is 11.6. The van der Waals surface area contributed by atoms with Gasteiger partial charge in [-0.25, -0.2) is 4.79 Å². The number of hydrogen-bond donors (Lipinski definition) is 1. The minimum absolute atomic E-state index is 0.00260. The number of nitrogens with zero attached hydrogens (tertiary/aromatic N) is 1. The number of carbonyl (C=O) groups excluding carboxylic acids is 2. The van der Waals surface area contributed by atoms with Gasteiger partial charge in [-0.05, 0) is 24.3 Å². The summed E-state index contributed by atoms with van der Waals surface area (Å²) in [5, 5.41) is 11.0. The number of rotatable bonds is 5. The molecule has 0 saturated carbocycles. The molecule has 0 aliphatic heterocycles. The number of nitro benzene ring substituents is 1. The van der Waals surface area contributed by atoms with E-state index < -0.39 is 16.8 Å². The fraction of sp³-hybridized carbons (Fsp3) is 0.0769. The Morgan fingerprint density at radius 1 is 1.33 bits per heavy atom. The van der Waals surface area contributed by atoms with E-state index in [4.69, 9.17) is 14.9 Å². The normalized spacial score (nSPS) is 10.1. The second-order valence-corrected chi connectivity index (χ2v) is 4.02. The van der Waals surface area contributed by atoms with E-state index >= 15 is 0 Å². The van der Waals surface area contributed by atoms with Crippen molar-refractivity contribution in [3.8, 4) is 0 Å². The quantitative estimate of drug-likeness (QED) is 0.506. The highest BCUT2D eigenvalue weighted by atomic mass is 16.6. The molecule has 0 aliphatic carbocycles. The average Bonchev–Trinajstić information content (AvgIpc) is 2.98. The Balaban J connectivity index is 2.18. The number of primary amides is 1. The lowest BCUT2D eigenvalue weighted by atomic mass is 10.1. The number of carbonyl (C=O) groups is 2. The second kappa shape index (κ2) is 5.87. The number of hydrogen-bond acceptors (Lipinski definition) is 6. The smallest absolute Gasteiger partial charge is 0.374 e. The van der Waals surface area contributed by atoms with Crippen molar-refractivity contribution in [2.24, 2.45) is 5.73 Å². The molecule has 2 aromatic rings. The van der Waals surface area contributed by atoms with Crippen LogP contribution in [0.2, 0.25) is 0 Å². The number of benzene rings is 1. The van der Waals surface area contributed by atoms with Crippen molar-refractivity contribution < 1.29 is 23.7 Å². The maximum Gasteiger partial charge on any atom is 0.374 e. The summed E-state index contributed by atoms with van der Waals surface area (Å²) in [5.41, 5.74) is 4.86. The van der Waals surface area contributed by atoms with Crippen LogP contribution < -0.4 is 5.73 Å². The molecule has 0 spiro atoms. The first-order valence-corrected chi connectivity index (χ1v) is 5.77. The highest BCUT2D eigenvalue weighted by Crippen LogP contribution is 2.21. The minimum Gasteiger partial charge on any atom is -0.457 e. The van der Waals surface area contributed by atoms with Gasteiger partial charge in [-0.15, -0.1) is 0 Å². The van der Waals surface area contributed by atoms with Gasteiger partial charge in [0, 0.05) is 11.6 Å². The summed E-state index contributed by atoms with van der Waals surface area (Å²) in [6.45, 7) is -0.325. The lowest BCUT2D eigenvalue weighted by Crippen LogP contribution is -2.12. The summed E-state index contributed by atoms with van der Waals surface area (Å²) in [6.07, 6.45) is 1.31. The number of nitrogens with two attached hydrogens (primary N) is 1. The van der Waals surface area contributed by atoms with Gasteiger partial charge < -0.3 is 14.9 Å². The first-order valence-electron chi connectivity index (χ1n) is 5.77. The molecule has 0 atom stereocenters. The molecular formula is C13H10N2O6. The molecule has 21 heavy (non-hydrogen) atoms. The van der Waals surface area contributed by atoms with E-state index in [1.807, 2.05) is 0 Å². The topological polar surface area (TPSA) is 126 Å². The molecule has 0 radical (unpaired) electrons. The van der Waals surface area contributed by atoms with Crippen LogP contribution in [0.5, 0.6) is 0 Å². The van der Waals surface area contributed by atoms with Crippen LogP contribution >= 0.6 is 0 Å². The zero-order valence-corrected chi connectivity index (χ0v) is 10.6. The fourth-order valence-corrected chi connectivity index (χ4v) is 1.62. The average molecular weight is 290 g/mol. The number of furan rings is 1. The Hall–Kier alpha value is -3.16. The van der Waals surface area contributed by atoms with Gasteiger partial charge in [0.25, 0.3) is 5.69 Å². The number of esters is 1. The lowest BCUT2D eigenvalue weighted by molar-refractivity contribution is -0.385. The zero-order valence-electron chi connectivity index (χ0n) is 10.6. The van der Waals surface area contributed by atoms with E-state index in [0.717, 1.165) is 6.07 Å². The molecule has 1 aromatic carbocycles. The van der Waals surface area contributed by atoms with E-state index in [-0.39, 0.29) is 29.2 Å². The van der Waals surface area contributed by atoms with E-state index in [0.29, 0.717) is 0 Å². The van der Waals surface area contributed by atoms with Gasteiger partial charge in [0.05, 0.1) is 16.7 Å². The van der Waals surface area contributed by atoms with Crippen LogP contribution in [-0.4, -0.2) is 16.8 Å². The number of amides is 1. The van der Waals surface area contributed by atoms with E-state index in [1.54, 1.807) is 0 Å². The molecular weight excluding hydrogens is 280 g/mol. The Bertz CT molecular complexity index is 693. The van der Waals surface area contributed by atoms with Gasteiger partial charge in [-0.1, -0.05) is 0 Å². The van der Waals surface area contributed by atoms with E-state index in [1.165, 1.54) is 30.5 Å². The molecule has 1 amide bonds. The monoisotopic (exact) mass is 290 g/mol. The van der Waals surface area contributed by atoms with E-state index in [2.05, 4.69) is 0 Å². The Labute approximate surface area is 118 Å². The third-order valence-corrected chi connectivity index (χ3v) is 2.65. The van der Waals surface area contributed by atoms with Crippen molar-refractivity contribution in [1.29, 1.82) is 0 Å². The van der Waals surface area contributed by atoms with Crippen LogP contribution in [0.1, 0.15) is 26.5 Å². The predicted molar refractivity (Wildman–Crippen MR) is 69.4 cm³/mol. The molecule has 0 fully saturated rings. The van der Waals surface area contributed by atoms with Crippen molar-refractivity contribution in [3.63, 3.8) is 0 Å². The van der Waals surface area contributed by atoms with Crippen LogP contribution in [0.4, 0.5) is 5.69 Å². The van der Waals surface area contributed by atoms with Gasteiger partial charge in [0.2, 0.25) is 11.7 Å². The molecule has 2 N–H and O–H groups in total. The molecule has 0 unspecified atom stereocenters.